The van der Waals surface area contributed by atoms with Crippen LogP contribution in [0.5, 0.6) is 0 Å². The Hall–Kier alpha value is -2.33. The van der Waals surface area contributed by atoms with Gasteiger partial charge in [0.05, 0.1) is 11.7 Å². The molecular formula is C17H15NO3. The normalized spacial score (nSPS) is 27.5. The zero-order chi connectivity index (χ0) is 14.2. The number of hydrogen-bond acceptors (Lipinski definition) is 4. The van der Waals surface area contributed by atoms with Crippen molar-refractivity contribution in [2.45, 2.75) is 12.1 Å². The average Bonchev–Trinajstić information content (AvgIpc) is 3.09. The van der Waals surface area contributed by atoms with Gasteiger partial charge in [0.25, 0.3) is 0 Å². The number of para-hydroxylation sites is 1. The minimum atomic E-state index is -0.271. The third-order valence-electron chi connectivity index (χ3n) is 4.06. The third-order valence-corrected chi connectivity index (χ3v) is 4.06. The lowest BCUT2D eigenvalue weighted by Gasteiger charge is -2.27. The van der Waals surface area contributed by atoms with Gasteiger partial charge in [-0.05, 0) is 17.7 Å². The van der Waals surface area contributed by atoms with Crippen molar-refractivity contribution in [3.63, 3.8) is 0 Å². The second kappa shape index (κ2) is 4.90. The maximum atomic E-state index is 12.1. The molecule has 2 aromatic rings. The smallest absolute Gasteiger partial charge is 0.314 e. The van der Waals surface area contributed by atoms with Gasteiger partial charge in [-0.25, -0.2) is 5.06 Å². The Kier molecular flexibility index (Phi) is 2.89. The summed E-state index contributed by atoms with van der Waals surface area (Å²) in [4.78, 5) is 18.1. The monoisotopic (exact) mass is 281 g/mol. The highest BCUT2D eigenvalue weighted by molar-refractivity contribution is 5.78. The van der Waals surface area contributed by atoms with Crippen LogP contribution in [0.3, 0.4) is 0 Å². The number of carbonyl (C=O) groups is 1. The molecule has 0 aromatic heterocycles. The number of hydrogen-bond donors (Lipinski definition) is 0. The molecule has 106 valence electrons. The van der Waals surface area contributed by atoms with Crippen molar-refractivity contribution < 1.29 is 14.4 Å². The van der Waals surface area contributed by atoms with Gasteiger partial charge in [-0.1, -0.05) is 48.5 Å². The topological polar surface area (TPSA) is 38.8 Å². The van der Waals surface area contributed by atoms with Crippen LogP contribution in [0, 0.1) is 5.92 Å². The number of esters is 1. The Balaban J connectivity index is 1.78. The average molecular weight is 281 g/mol. The molecule has 2 aliphatic rings. The van der Waals surface area contributed by atoms with E-state index in [0.29, 0.717) is 6.61 Å². The molecule has 0 amide bonds. The van der Waals surface area contributed by atoms with Crippen LogP contribution in [0.15, 0.2) is 60.7 Å². The standard InChI is InChI=1S/C17H15NO3/c19-17-15-14(11-20-17)21-18(13-9-5-2-6-10-13)16(15)12-7-3-1-4-8-12/h1-10,14-16H,11H2/t14-,15+,16+/m1/s1. The molecule has 0 N–H and O–H groups in total. The van der Waals surface area contributed by atoms with Gasteiger partial charge in [-0.2, -0.15) is 0 Å². The molecule has 0 spiro atoms. The summed E-state index contributed by atoms with van der Waals surface area (Å²) in [5.74, 6) is -0.445. The molecule has 2 saturated heterocycles. The van der Waals surface area contributed by atoms with Gasteiger partial charge in [0.15, 0.2) is 0 Å². The van der Waals surface area contributed by atoms with Crippen LogP contribution in [0.2, 0.25) is 0 Å². The fourth-order valence-corrected chi connectivity index (χ4v) is 3.09. The van der Waals surface area contributed by atoms with E-state index in [9.17, 15) is 4.79 Å². The van der Waals surface area contributed by atoms with E-state index in [1.807, 2.05) is 65.7 Å². The van der Waals surface area contributed by atoms with E-state index in [1.54, 1.807) is 0 Å². The van der Waals surface area contributed by atoms with Crippen LogP contribution < -0.4 is 5.06 Å². The lowest BCUT2D eigenvalue weighted by atomic mass is 9.91. The van der Waals surface area contributed by atoms with Crippen molar-refractivity contribution in [2.75, 3.05) is 11.7 Å². The Labute approximate surface area is 122 Å². The number of nitrogens with zero attached hydrogens (tertiary/aromatic N) is 1. The molecule has 0 saturated carbocycles. The van der Waals surface area contributed by atoms with E-state index in [-0.39, 0.29) is 24.0 Å². The van der Waals surface area contributed by atoms with Crippen LogP contribution >= 0.6 is 0 Å². The van der Waals surface area contributed by atoms with Crippen molar-refractivity contribution in [3.05, 3.63) is 66.2 Å². The molecule has 4 heteroatoms. The van der Waals surface area contributed by atoms with Gasteiger partial charge < -0.3 is 4.74 Å². The molecule has 2 fully saturated rings. The lowest BCUT2D eigenvalue weighted by molar-refractivity contribution is -0.141. The first-order valence-electron chi connectivity index (χ1n) is 7.07. The number of carbonyl (C=O) groups excluding carboxylic acids is 1. The van der Waals surface area contributed by atoms with Crippen molar-refractivity contribution in [2.24, 2.45) is 5.92 Å². The highest BCUT2D eigenvalue weighted by atomic mass is 16.7. The largest absolute Gasteiger partial charge is 0.462 e. The molecule has 21 heavy (non-hydrogen) atoms. The van der Waals surface area contributed by atoms with Crippen LogP contribution in [0.4, 0.5) is 5.69 Å². The molecule has 4 nitrogen and oxygen atoms in total. The second-order valence-corrected chi connectivity index (χ2v) is 5.32. The predicted octanol–water partition coefficient (Wildman–Crippen LogP) is 2.72. The molecule has 2 heterocycles. The Bertz CT molecular complexity index is 644. The van der Waals surface area contributed by atoms with Crippen molar-refractivity contribution in [1.29, 1.82) is 0 Å². The first-order valence-corrected chi connectivity index (χ1v) is 7.07. The van der Waals surface area contributed by atoms with Crippen molar-refractivity contribution >= 4 is 11.7 Å². The van der Waals surface area contributed by atoms with E-state index in [1.165, 1.54) is 0 Å². The summed E-state index contributed by atoms with van der Waals surface area (Å²) in [6.45, 7) is 0.330. The number of hydroxylamine groups is 1. The summed E-state index contributed by atoms with van der Waals surface area (Å²) < 4.78 is 5.17. The van der Waals surface area contributed by atoms with Gasteiger partial charge in [0.1, 0.15) is 18.6 Å². The maximum Gasteiger partial charge on any atom is 0.314 e. The van der Waals surface area contributed by atoms with Gasteiger partial charge in [-0.15, -0.1) is 0 Å². The molecule has 0 aliphatic carbocycles. The summed E-state index contributed by atoms with van der Waals surface area (Å²) in [6.07, 6.45) is -0.206. The fraction of sp³-hybridized carbons (Fsp3) is 0.235. The number of ether oxygens (including phenoxy) is 1. The minimum absolute atomic E-state index is 0.145. The minimum Gasteiger partial charge on any atom is -0.462 e. The summed E-state index contributed by atoms with van der Waals surface area (Å²) in [5, 5.41) is 1.85. The molecule has 2 aliphatic heterocycles. The van der Waals surface area contributed by atoms with Crippen LogP contribution in [-0.2, 0) is 14.4 Å². The van der Waals surface area contributed by atoms with E-state index in [0.717, 1.165) is 11.3 Å². The molecule has 0 unspecified atom stereocenters. The lowest BCUT2D eigenvalue weighted by Crippen LogP contribution is -2.27. The summed E-state index contributed by atoms with van der Waals surface area (Å²) in [7, 11) is 0. The van der Waals surface area contributed by atoms with Gasteiger partial charge >= 0.3 is 5.97 Å². The van der Waals surface area contributed by atoms with E-state index < -0.39 is 0 Å². The Morgan fingerprint density at radius 1 is 0.952 bits per heavy atom. The molecular weight excluding hydrogens is 266 g/mol. The quantitative estimate of drug-likeness (QED) is 0.793. The first kappa shape index (κ1) is 12.4. The molecule has 0 bridgehead atoms. The van der Waals surface area contributed by atoms with Gasteiger partial charge in [0.2, 0.25) is 0 Å². The number of fused-ring (bicyclic) bond motifs is 1. The number of rotatable bonds is 2. The summed E-state index contributed by atoms with van der Waals surface area (Å²) in [5.41, 5.74) is 2.02. The summed E-state index contributed by atoms with van der Waals surface area (Å²) in [6, 6.07) is 19.7. The maximum absolute atomic E-state index is 12.1. The predicted molar refractivity (Wildman–Crippen MR) is 77.4 cm³/mol. The Morgan fingerprint density at radius 2 is 1.62 bits per heavy atom. The van der Waals surface area contributed by atoms with Crippen LogP contribution in [0.25, 0.3) is 0 Å². The number of cyclic esters (lactones) is 1. The molecule has 2 aromatic carbocycles. The molecule has 3 atom stereocenters. The zero-order valence-corrected chi connectivity index (χ0v) is 11.4. The van der Waals surface area contributed by atoms with Gasteiger partial charge in [0, 0.05) is 0 Å². The van der Waals surface area contributed by atoms with Crippen molar-refractivity contribution in [3.8, 4) is 0 Å². The van der Waals surface area contributed by atoms with Crippen molar-refractivity contribution in [1.82, 2.24) is 0 Å². The highest BCUT2D eigenvalue weighted by Gasteiger charge is 2.53. The third kappa shape index (κ3) is 1.99. The zero-order valence-electron chi connectivity index (χ0n) is 11.4. The van der Waals surface area contributed by atoms with Gasteiger partial charge in [-0.3, -0.25) is 9.63 Å². The fourth-order valence-electron chi connectivity index (χ4n) is 3.09. The SMILES string of the molecule is O=C1OC[C@H]2ON(c3ccccc3)[C@@H](c3ccccc3)[C@@H]12. The van der Waals surface area contributed by atoms with Crippen LogP contribution in [-0.4, -0.2) is 18.7 Å². The molecule has 0 radical (unpaired) electrons. The molecule has 4 rings (SSSR count). The van der Waals surface area contributed by atoms with E-state index >= 15 is 0 Å². The summed E-state index contributed by atoms with van der Waals surface area (Å²) >= 11 is 0. The Morgan fingerprint density at radius 3 is 2.33 bits per heavy atom. The first-order chi connectivity index (χ1) is 10.3. The number of benzene rings is 2. The van der Waals surface area contributed by atoms with E-state index in [2.05, 4.69) is 0 Å². The van der Waals surface area contributed by atoms with Crippen LogP contribution in [0.1, 0.15) is 11.6 Å². The number of anilines is 1. The second-order valence-electron chi connectivity index (χ2n) is 5.32. The highest BCUT2D eigenvalue weighted by Crippen LogP contribution is 2.45. The van der Waals surface area contributed by atoms with E-state index in [4.69, 9.17) is 9.57 Å².